The zero-order chi connectivity index (χ0) is 16.6. The van der Waals surface area contributed by atoms with E-state index in [0.717, 1.165) is 37.4 Å². The summed E-state index contributed by atoms with van der Waals surface area (Å²) in [5, 5.41) is 3.05. The lowest BCUT2D eigenvalue weighted by Gasteiger charge is -2.34. The summed E-state index contributed by atoms with van der Waals surface area (Å²) in [6, 6.07) is 10.2. The molecule has 0 saturated carbocycles. The van der Waals surface area contributed by atoms with Gasteiger partial charge in [0.1, 0.15) is 0 Å². The third-order valence-electron chi connectivity index (χ3n) is 5.40. The molecule has 2 saturated heterocycles. The molecule has 2 amide bonds. The molecular weight excluding hydrogens is 298 g/mol. The van der Waals surface area contributed by atoms with Gasteiger partial charge in [0, 0.05) is 26.2 Å². The van der Waals surface area contributed by atoms with Crippen molar-refractivity contribution < 1.29 is 4.79 Å². The van der Waals surface area contributed by atoms with Crippen LogP contribution >= 0.6 is 0 Å². The highest BCUT2D eigenvalue weighted by Crippen LogP contribution is 2.20. The normalized spacial score (nSPS) is 20.6. The Balaban J connectivity index is 1.37. The first-order chi connectivity index (χ1) is 11.8. The number of amides is 2. The molecule has 2 aliphatic rings. The largest absolute Gasteiger partial charge is 0.334 e. The van der Waals surface area contributed by atoms with Crippen molar-refractivity contribution in [2.75, 3.05) is 32.7 Å². The number of hydrogen-bond donors (Lipinski definition) is 1. The Morgan fingerprint density at radius 2 is 1.62 bits per heavy atom. The Morgan fingerprint density at radius 1 is 0.958 bits per heavy atom. The molecule has 0 spiro atoms. The molecule has 0 radical (unpaired) electrons. The quantitative estimate of drug-likeness (QED) is 0.918. The Bertz CT molecular complexity index is 489. The molecule has 4 heteroatoms. The number of rotatable bonds is 4. The lowest BCUT2D eigenvalue weighted by Crippen LogP contribution is -2.45. The van der Waals surface area contributed by atoms with Crippen molar-refractivity contribution >= 4 is 6.03 Å². The molecule has 0 atom stereocenters. The number of hydrogen-bond acceptors (Lipinski definition) is 2. The Labute approximate surface area is 146 Å². The van der Waals surface area contributed by atoms with E-state index in [2.05, 4.69) is 10.2 Å². The van der Waals surface area contributed by atoms with E-state index < -0.39 is 0 Å². The predicted molar refractivity (Wildman–Crippen MR) is 97.9 cm³/mol. The van der Waals surface area contributed by atoms with E-state index in [0.29, 0.717) is 6.54 Å². The highest BCUT2D eigenvalue weighted by Gasteiger charge is 2.24. The maximum absolute atomic E-state index is 12.3. The first-order valence-electron chi connectivity index (χ1n) is 9.60. The van der Waals surface area contributed by atoms with Crippen LogP contribution in [0.25, 0.3) is 0 Å². The average Bonchev–Trinajstić information content (AvgIpc) is 2.90. The standard InChI is InChI=1S/C20H31N3O/c24-20(21-16-18-8-4-3-5-9-18)23-14-10-19(11-15-23)17-22-12-6-1-2-7-13-22/h3-5,8-9,19H,1-2,6-7,10-17H2,(H,21,24). The lowest BCUT2D eigenvalue weighted by molar-refractivity contribution is 0.147. The second-order valence-electron chi connectivity index (χ2n) is 7.29. The molecule has 2 fully saturated rings. The van der Waals surface area contributed by atoms with Crippen molar-refractivity contribution in [1.29, 1.82) is 0 Å². The number of urea groups is 1. The number of benzene rings is 1. The number of carbonyl (C=O) groups is 1. The van der Waals surface area contributed by atoms with Crippen LogP contribution in [0.3, 0.4) is 0 Å². The van der Waals surface area contributed by atoms with Gasteiger partial charge < -0.3 is 15.1 Å². The fraction of sp³-hybridized carbons (Fsp3) is 0.650. The van der Waals surface area contributed by atoms with E-state index in [1.807, 2.05) is 35.2 Å². The van der Waals surface area contributed by atoms with Gasteiger partial charge in [0.2, 0.25) is 0 Å². The summed E-state index contributed by atoms with van der Waals surface area (Å²) in [7, 11) is 0. The van der Waals surface area contributed by atoms with Crippen LogP contribution in [0.15, 0.2) is 30.3 Å². The number of nitrogens with zero attached hydrogens (tertiary/aromatic N) is 2. The summed E-state index contributed by atoms with van der Waals surface area (Å²) < 4.78 is 0. The molecule has 24 heavy (non-hydrogen) atoms. The van der Waals surface area contributed by atoms with Gasteiger partial charge in [0.15, 0.2) is 0 Å². The Kier molecular flexibility index (Phi) is 6.53. The number of nitrogens with one attached hydrogen (secondary N) is 1. The molecular formula is C20H31N3O. The molecule has 1 aromatic rings. The van der Waals surface area contributed by atoms with Crippen LogP contribution in [0.5, 0.6) is 0 Å². The van der Waals surface area contributed by atoms with Crippen LogP contribution in [-0.4, -0.2) is 48.6 Å². The molecule has 2 aliphatic heterocycles. The average molecular weight is 329 g/mol. The Hall–Kier alpha value is -1.55. The SMILES string of the molecule is O=C(NCc1ccccc1)N1CCC(CN2CCCCCC2)CC1. The summed E-state index contributed by atoms with van der Waals surface area (Å²) in [5.41, 5.74) is 1.15. The van der Waals surface area contributed by atoms with Crippen LogP contribution in [0.2, 0.25) is 0 Å². The van der Waals surface area contributed by atoms with Crippen LogP contribution in [0, 0.1) is 5.92 Å². The van der Waals surface area contributed by atoms with E-state index in [1.165, 1.54) is 45.3 Å². The minimum absolute atomic E-state index is 0.0899. The van der Waals surface area contributed by atoms with Crippen LogP contribution in [0.1, 0.15) is 44.1 Å². The predicted octanol–water partition coefficient (Wildman–Crippen LogP) is 3.48. The van der Waals surface area contributed by atoms with Gasteiger partial charge in [-0.3, -0.25) is 0 Å². The lowest BCUT2D eigenvalue weighted by atomic mass is 9.96. The second-order valence-corrected chi connectivity index (χ2v) is 7.29. The van der Waals surface area contributed by atoms with Crippen molar-refractivity contribution in [3.8, 4) is 0 Å². The van der Waals surface area contributed by atoms with Gasteiger partial charge in [-0.2, -0.15) is 0 Å². The minimum atomic E-state index is 0.0899. The summed E-state index contributed by atoms with van der Waals surface area (Å²) in [6.45, 7) is 6.21. The van der Waals surface area contributed by atoms with Gasteiger partial charge in [-0.1, -0.05) is 43.2 Å². The van der Waals surface area contributed by atoms with E-state index in [-0.39, 0.29) is 6.03 Å². The molecule has 4 nitrogen and oxygen atoms in total. The van der Waals surface area contributed by atoms with E-state index in [1.54, 1.807) is 0 Å². The fourth-order valence-corrected chi connectivity index (χ4v) is 3.89. The number of piperidine rings is 1. The highest BCUT2D eigenvalue weighted by atomic mass is 16.2. The first-order valence-corrected chi connectivity index (χ1v) is 9.60. The monoisotopic (exact) mass is 329 g/mol. The summed E-state index contributed by atoms with van der Waals surface area (Å²) >= 11 is 0. The molecule has 1 aromatic carbocycles. The summed E-state index contributed by atoms with van der Waals surface area (Å²) in [5.74, 6) is 0.765. The Morgan fingerprint density at radius 3 is 2.29 bits per heavy atom. The van der Waals surface area contributed by atoms with E-state index in [4.69, 9.17) is 0 Å². The van der Waals surface area contributed by atoms with Gasteiger partial charge in [0.05, 0.1) is 0 Å². The molecule has 132 valence electrons. The first kappa shape index (κ1) is 17.3. The maximum atomic E-state index is 12.3. The number of likely N-dealkylation sites (tertiary alicyclic amines) is 2. The molecule has 0 aromatic heterocycles. The van der Waals surface area contributed by atoms with Crippen molar-refractivity contribution in [2.24, 2.45) is 5.92 Å². The van der Waals surface area contributed by atoms with Gasteiger partial charge in [-0.05, 0) is 50.3 Å². The minimum Gasteiger partial charge on any atom is -0.334 e. The molecule has 0 aliphatic carbocycles. The second kappa shape index (κ2) is 9.07. The van der Waals surface area contributed by atoms with Gasteiger partial charge in [-0.15, -0.1) is 0 Å². The smallest absolute Gasteiger partial charge is 0.317 e. The maximum Gasteiger partial charge on any atom is 0.317 e. The van der Waals surface area contributed by atoms with Crippen molar-refractivity contribution in [3.63, 3.8) is 0 Å². The molecule has 2 heterocycles. The van der Waals surface area contributed by atoms with Crippen LogP contribution in [0.4, 0.5) is 4.79 Å². The molecule has 0 unspecified atom stereocenters. The fourth-order valence-electron chi connectivity index (χ4n) is 3.89. The summed E-state index contributed by atoms with van der Waals surface area (Å²) in [6.07, 6.45) is 7.82. The van der Waals surface area contributed by atoms with E-state index >= 15 is 0 Å². The van der Waals surface area contributed by atoms with E-state index in [9.17, 15) is 4.79 Å². The van der Waals surface area contributed by atoms with Crippen molar-refractivity contribution in [3.05, 3.63) is 35.9 Å². The van der Waals surface area contributed by atoms with Crippen molar-refractivity contribution in [2.45, 2.75) is 45.1 Å². The third kappa shape index (κ3) is 5.23. The number of carbonyl (C=O) groups excluding carboxylic acids is 1. The topological polar surface area (TPSA) is 35.6 Å². The van der Waals surface area contributed by atoms with Crippen molar-refractivity contribution in [1.82, 2.24) is 15.1 Å². The zero-order valence-electron chi connectivity index (χ0n) is 14.8. The third-order valence-corrected chi connectivity index (χ3v) is 5.40. The molecule has 0 bridgehead atoms. The van der Waals surface area contributed by atoms with Gasteiger partial charge >= 0.3 is 6.03 Å². The van der Waals surface area contributed by atoms with Crippen LogP contribution < -0.4 is 5.32 Å². The molecule has 1 N–H and O–H groups in total. The van der Waals surface area contributed by atoms with Gasteiger partial charge in [0.25, 0.3) is 0 Å². The zero-order valence-corrected chi connectivity index (χ0v) is 14.8. The summed E-state index contributed by atoms with van der Waals surface area (Å²) in [4.78, 5) is 17.0. The highest BCUT2D eigenvalue weighted by molar-refractivity contribution is 5.74. The van der Waals surface area contributed by atoms with Gasteiger partial charge in [-0.25, -0.2) is 4.79 Å². The van der Waals surface area contributed by atoms with Crippen LogP contribution in [-0.2, 0) is 6.54 Å². The molecule has 3 rings (SSSR count).